The third-order valence-electron chi connectivity index (χ3n) is 1.95. The first kappa shape index (κ1) is 11.4. The number of carbonyl (C=O) groups is 1. The maximum atomic E-state index is 11.8. The van der Waals surface area contributed by atoms with E-state index >= 15 is 0 Å². The number of allylic oxidation sites excluding steroid dienone is 1. The summed E-state index contributed by atoms with van der Waals surface area (Å²) >= 11 is 0. The molecule has 0 aromatic heterocycles. The molecule has 1 nitrogen and oxygen atoms in total. The SMILES string of the molecule is C=CCC(C)(C)C(=O)C(C)(C)C. The normalized spacial score (nSPS) is 12.8. The topological polar surface area (TPSA) is 17.1 Å². The van der Waals surface area contributed by atoms with Gasteiger partial charge in [0.1, 0.15) is 5.78 Å². The first-order valence-electron chi connectivity index (χ1n) is 4.37. The Morgan fingerprint density at radius 3 is 1.92 bits per heavy atom. The Labute approximate surface area is 75.9 Å². The van der Waals surface area contributed by atoms with Crippen LogP contribution in [0.3, 0.4) is 0 Å². The Morgan fingerprint density at radius 2 is 1.67 bits per heavy atom. The average molecular weight is 168 g/mol. The molecule has 0 spiro atoms. The van der Waals surface area contributed by atoms with Crippen molar-refractivity contribution < 1.29 is 4.79 Å². The molecule has 0 N–H and O–H groups in total. The standard InChI is InChI=1S/C11H20O/c1-7-8-11(5,6)9(12)10(2,3)4/h7H,1,8H2,2-6H3. The van der Waals surface area contributed by atoms with Crippen molar-refractivity contribution in [2.75, 3.05) is 0 Å². The zero-order valence-electron chi connectivity index (χ0n) is 8.90. The smallest absolute Gasteiger partial charge is 0.144 e. The van der Waals surface area contributed by atoms with Gasteiger partial charge in [0.05, 0.1) is 0 Å². The zero-order valence-corrected chi connectivity index (χ0v) is 8.90. The van der Waals surface area contributed by atoms with E-state index in [0.717, 1.165) is 6.42 Å². The van der Waals surface area contributed by atoms with E-state index < -0.39 is 0 Å². The predicted molar refractivity (Wildman–Crippen MR) is 53.1 cm³/mol. The predicted octanol–water partition coefficient (Wildman–Crippen LogP) is 3.20. The lowest BCUT2D eigenvalue weighted by molar-refractivity contribution is -0.134. The third-order valence-corrected chi connectivity index (χ3v) is 1.95. The van der Waals surface area contributed by atoms with Gasteiger partial charge < -0.3 is 0 Å². The van der Waals surface area contributed by atoms with E-state index in [9.17, 15) is 4.79 Å². The second-order valence-electron chi connectivity index (χ2n) is 4.96. The van der Waals surface area contributed by atoms with Gasteiger partial charge in [0.25, 0.3) is 0 Å². The molecule has 0 atom stereocenters. The molecule has 1 heteroatoms. The summed E-state index contributed by atoms with van der Waals surface area (Å²) < 4.78 is 0. The molecule has 0 bridgehead atoms. The van der Waals surface area contributed by atoms with Gasteiger partial charge >= 0.3 is 0 Å². The van der Waals surface area contributed by atoms with Crippen molar-refractivity contribution in [3.63, 3.8) is 0 Å². The summed E-state index contributed by atoms with van der Waals surface area (Å²) in [6.45, 7) is 13.5. The van der Waals surface area contributed by atoms with E-state index in [-0.39, 0.29) is 10.8 Å². The summed E-state index contributed by atoms with van der Waals surface area (Å²) in [5.41, 5.74) is -0.507. The number of ketones is 1. The van der Waals surface area contributed by atoms with Crippen LogP contribution in [0.1, 0.15) is 41.0 Å². The lowest BCUT2D eigenvalue weighted by atomic mass is 9.73. The Morgan fingerprint density at radius 1 is 1.25 bits per heavy atom. The van der Waals surface area contributed by atoms with Gasteiger partial charge in [-0.1, -0.05) is 40.7 Å². The van der Waals surface area contributed by atoms with Crippen molar-refractivity contribution in [3.05, 3.63) is 12.7 Å². The van der Waals surface area contributed by atoms with Crippen LogP contribution in [0.4, 0.5) is 0 Å². The number of carbonyl (C=O) groups excluding carboxylic acids is 1. The summed E-state index contributed by atoms with van der Waals surface area (Å²) in [7, 11) is 0. The van der Waals surface area contributed by atoms with Crippen LogP contribution in [0.2, 0.25) is 0 Å². The quantitative estimate of drug-likeness (QED) is 0.591. The minimum Gasteiger partial charge on any atom is -0.299 e. The number of Topliss-reactive ketones (excluding diaryl/α,β-unsaturated/α-hetero) is 1. The fourth-order valence-electron chi connectivity index (χ4n) is 1.47. The molecule has 0 radical (unpaired) electrons. The molecule has 0 aliphatic carbocycles. The Bertz CT molecular complexity index is 182. The monoisotopic (exact) mass is 168 g/mol. The highest BCUT2D eigenvalue weighted by molar-refractivity contribution is 5.88. The molecule has 0 amide bonds. The average Bonchev–Trinajstić information content (AvgIpc) is 1.84. The van der Waals surface area contributed by atoms with Crippen LogP contribution in [0.25, 0.3) is 0 Å². The molecule has 0 aliphatic heterocycles. The first-order valence-corrected chi connectivity index (χ1v) is 4.37. The summed E-state index contributed by atoms with van der Waals surface area (Å²) in [4.78, 5) is 11.8. The zero-order chi connectivity index (χ0) is 9.99. The largest absolute Gasteiger partial charge is 0.299 e. The van der Waals surface area contributed by atoms with Crippen LogP contribution in [0.15, 0.2) is 12.7 Å². The molecule has 0 rings (SSSR count). The second-order valence-corrected chi connectivity index (χ2v) is 4.96. The van der Waals surface area contributed by atoms with Gasteiger partial charge in [-0.2, -0.15) is 0 Å². The maximum absolute atomic E-state index is 11.8. The van der Waals surface area contributed by atoms with Gasteiger partial charge in [-0.3, -0.25) is 4.79 Å². The number of hydrogen-bond acceptors (Lipinski definition) is 1. The first-order chi connectivity index (χ1) is 5.22. The number of rotatable bonds is 3. The van der Waals surface area contributed by atoms with E-state index in [0.29, 0.717) is 5.78 Å². The van der Waals surface area contributed by atoms with Gasteiger partial charge in [-0.25, -0.2) is 0 Å². The molecule has 0 saturated carbocycles. The van der Waals surface area contributed by atoms with Crippen LogP contribution in [-0.4, -0.2) is 5.78 Å². The van der Waals surface area contributed by atoms with Gasteiger partial charge in [-0.15, -0.1) is 6.58 Å². The molecule has 0 saturated heterocycles. The van der Waals surface area contributed by atoms with Crippen molar-refractivity contribution >= 4 is 5.78 Å². The molecule has 0 unspecified atom stereocenters. The van der Waals surface area contributed by atoms with Gasteiger partial charge in [0.15, 0.2) is 0 Å². The fourth-order valence-corrected chi connectivity index (χ4v) is 1.47. The van der Waals surface area contributed by atoms with Crippen LogP contribution in [-0.2, 0) is 4.79 Å². The highest BCUT2D eigenvalue weighted by Gasteiger charge is 2.34. The lowest BCUT2D eigenvalue weighted by Gasteiger charge is -2.29. The van der Waals surface area contributed by atoms with Gasteiger partial charge in [0, 0.05) is 10.8 Å². The van der Waals surface area contributed by atoms with Crippen molar-refractivity contribution in [3.8, 4) is 0 Å². The van der Waals surface area contributed by atoms with Gasteiger partial charge in [0.2, 0.25) is 0 Å². The summed E-state index contributed by atoms with van der Waals surface area (Å²) in [6, 6.07) is 0. The van der Waals surface area contributed by atoms with E-state index in [1.165, 1.54) is 0 Å². The van der Waals surface area contributed by atoms with Crippen LogP contribution >= 0.6 is 0 Å². The third kappa shape index (κ3) is 2.80. The molecule has 0 fully saturated rings. The van der Waals surface area contributed by atoms with E-state index in [4.69, 9.17) is 0 Å². The summed E-state index contributed by atoms with van der Waals surface area (Å²) in [5, 5.41) is 0. The molecule has 0 aromatic rings. The Hall–Kier alpha value is -0.590. The molecule has 70 valence electrons. The van der Waals surface area contributed by atoms with E-state index in [1.807, 2.05) is 40.7 Å². The van der Waals surface area contributed by atoms with Crippen molar-refractivity contribution in [1.82, 2.24) is 0 Å². The fraction of sp³-hybridized carbons (Fsp3) is 0.727. The lowest BCUT2D eigenvalue weighted by Crippen LogP contribution is -2.34. The summed E-state index contributed by atoms with van der Waals surface area (Å²) in [6.07, 6.45) is 2.56. The van der Waals surface area contributed by atoms with Crippen LogP contribution in [0.5, 0.6) is 0 Å². The van der Waals surface area contributed by atoms with Crippen molar-refractivity contribution in [2.45, 2.75) is 41.0 Å². The number of hydrogen-bond donors (Lipinski definition) is 0. The molecule has 0 aliphatic rings. The minimum atomic E-state index is -0.264. The minimum absolute atomic E-state index is 0.244. The van der Waals surface area contributed by atoms with E-state index in [1.54, 1.807) is 0 Å². The molecule has 12 heavy (non-hydrogen) atoms. The van der Waals surface area contributed by atoms with Crippen molar-refractivity contribution in [1.29, 1.82) is 0 Å². The van der Waals surface area contributed by atoms with Gasteiger partial charge in [-0.05, 0) is 6.42 Å². The second kappa shape index (κ2) is 3.42. The van der Waals surface area contributed by atoms with Crippen LogP contribution < -0.4 is 0 Å². The Kier molecular flexibility index (Phi) is 3.25. The van der Waals surface area contributed by atoms with Crippen LogP contribution in [0, 0.1) is 10.8 Å². The molecule has 0 heterocycles. The molecular weight excluding hydrogens is 148 g/mol. The highest BCUT2D eigenvalue weighted by Crippen LogP contribution is 2.31. The van der Waals surface area contributed by atoms with Crippen molar-refractivity contribution in [2.24, 2.45) is 10.8 Å². The summed E-state index contributed by atoms with van der Waals surface area (Å²) in [5.74, 6) is 0.301. The molecular formula is C11H20O. The Balaban J connectivity index is 4.57. The highest BCUT2D eigenvalue weighted by atomic mass is 16.1. The van der Waals surface area contributed by atoms with E-state index in [2.05, 4.69) is 6.58 Å². The maximum Gasteiger partial charge on any atom is 0.144 e. The molecule has 0 aromatic carbocycles.